The van der Waals surface area contributed by atoms with Crippen molar-refractivity contribution in [2.45, 2.75) is 33.4 Å². The molecule has 0 aliphatic carbocycles. The molecule has 7 nitrogen and oxygen atoms in total. The zero-order valence-corrected chi connectivity index (χ0v) is 21.9. The molecule has 0 atom stereocenters. The fourth-order valence-electron chi connectivity index (χ4n) is 4.22. The van der Waals surface area contributed by atoms with Gasteiger partial charge in [0.15, 0.2) is 0 Å². The molecule has 188 valence electrons. The van der Waals surface area contributed by atoms with Crippen LogP contribution in [0, 0.1) is 6.92 Å². The van der Waals surface area contributed by atoms with Crippen LogP contribution in [0.4, 0.5) is 0 Å². The minimum Gasteiger partial charge on any atom is -0.487 e. The number of nitrogens with one attached hydrogen (secondary N) is 1. The number of carbonyl (C=O) groups is 1. The third kappa shape index (κ3) is 5.05. The van der Waals surface area contributed by atoms with Crippen molar-refractivity contribution < 1.29 is 9.53 Å². The molecule has 37 heavy (non-hydrogen) atoms. The van der Waals surface area contributed by atoms with Crippen molar-refractivity contribution in [3.63, 3.8) is 0 Å². The van der Waals surface area contributed by atoms with Crippen LogP contribution in [0.5, 0.6) is 5.75 Å². The lowest BCUT2D eigenvalue weighted by atomic mass is 10.1. The molecule has 0 spiro atoms. The van der Waals surface area contributed by atoms with Gasteiger partial charge in [0.1, 0.15) is 17.9 Å². The average molecular weight is 534 g/mol. The highest BCUT2D eigenvalue weighted by Crippen LogP contribution is 2.34. The lowest BCUT2D eigenvalue weighted by Crippen LogP contribution is -2.22. The topological polar surface area (TPSA) is 74.0 Å². The summed E-state index contributed by atoms with van der Waals surface area (Å²) in [6.45, 7) is 4.32. The van der Waals surface area contributed by atoms with E-state index in [9.17, 15) is 4.79 Å². The van der Waals surface area contributed by atoms with Crippen LogP contribution in [0.1, 0.15) is 30.3 Å². The molecule has 9 heteroatoms. The van der Waals surface area contributed by atoms with E-state index in [1.54, 1.807) is 18.6 Å². The summed E-state index contributed by atoms with van der Waals surface area (Å²) in [6, 6.07) is 15.4. The first-order valence-electron chi connectivity index (χ1n) is 11.9. The molecule has 1 amide bonds. The van der Waals surface area contributed by atoms with Crippen LogP contribution in [-0.2, 0) is 17.9 Å². The van der Waals surface area contributed by atoms with E-state index in [0.717, 1.165) is 33.7 Å². The molecule has 0 saturated heterocycles. The van der Waals surface area contributed by atoms with Crippen LogP contribution in [0.2, 0.25) is 10.0 Å². The number of halogens is 2. The van der Waals surface area contributed by atoms with Crippen molar-refractivity contribution in [1.82, 2.24) is 24.4 Å². The average Bonchev–Trinajstić information content (AvgIpc) is 3.59. The van der Waals surface area contributed by atoms with Gasteiger partial charge < -0.3 is 19.2 Å². The number of amides is 1. The first kappa shape index (κ1) is 24.9. The summed E-state index contributed by atoms with van der Waals surface area (Å²) < 4.78 is 10.2. The van der Waals surface area contributed by atoms with Gasteiger partial charge in [0, 0.05) is 52.4 Å². The van der Waals surface area contributed by atoms with E-state index in [-0.39, 0.29) is 12.5 Å². The molecule has 0 aliphatic rings. The monoisotopic (exact) mass is 533 g/mol. The summed E-state index contributed by atoms with van der Waals surface area (Å²) in [5, 5.41) is 4.84. The smallest absolute Gasteiger partial charge is 0.220 e. The lowest BCUT2D eigenvalue weighted by molar-refractivity contribution is -0.120. The summed E-state index contributed by atoms with van der Waals surface area (Å²) in [4.78, 5) is 20.7. The lowest BCUT2D eigenvalue weighted by Gasteiger charge is -2.17. The van der Waals surface area contributed by atoms with Gasteiger partial charge in [0.05, 0.1) is 29.3 Å². The number of ether oxygens (including phenoxy) is 1. The third-order valence-corrected chi connectivity index (χ3v) is 6.89. The minimum absolute atomic E-state index is 0.0147. The molecule has 0 fully saturated rings. The highest BCUT2D eigenvalue weighted by atomic mass is 35.5. The standard InChI is InChI=1S/C28H25Cl2N5O2/c1-3-26(36)32-15-19-6-5-12-35(19)23-10-9-22(29)21(27(23)30)16-37-25-8-4-7-20-24(34-13-11-31-17-34)14-18(2)33-28(20)25/h4-14,17H,3,15-16H2,1-2H3,(H,32,36). The van der Waals surface area contributed by atoms with Crippen molar-refractivity contribution in [3.8, 4) is 17.1 Å². The second kappa shape index (κ2) is 10.7. The van der Waals surface area contributed by atoms with Gasteiger partial charge in [-0.15, -0.1) is 0 Å². The summed E-state index contributed by atoms with van der Waals surface area (Å²) in [5.41, 5.74) is 4.90. The number of carbonyl (C=O) groups excluding carboxylic acids is 1. The molecule has 0 bridgehead atoms. The number of benzene rings is 2. The van der Waals surface area contributed by atoms with Crippen molar-refractivity contribution >= 4 is 40.0 Å². The van der Waals surface area contributed by atoms with Gasteiger partial charge in [-0.2, -0.15) is 0 Å². The van der Waals surface area contributed by atoms with E-state index < -0.39 is 0 Å². The molecule has 3 heterocycles. The molecule has 5 rings (SSSR count). The number of nitrogens with zero attached hydrogens (tertiary/aromatic N) is 4. The Morgan fingerprint density at radius 1 is 1.08 bits per heavy atom. The van der Waals surface area contributed by atoms with Gasteiger partial charge in [-0.05, 0) is 43.3 Å². The van der Waals surface area contributed by atoms with Crippen LogP contribution in [-0.4, -0.2) is 25.0 Å². The summed E-state index contributed by atoms with van der Waals surface area (Å²) in [6.07, 6.45) is 7.73. The second-order valence-electron chi connectivity index (χ2n) is 8.55. The normalized spacial score (nSPS) is 11.1. The predicted molar refractivity (Wildman–Crippen MR) is 146 cm³/mol. The molecule has 1 N–H and O–H groups in total. The van der Waals surface area contributed by atoms with Gasteiger partial charge in [-0.1, -0.05) is 42.3 Å². The Morgan fingerprint density at radius 2 is 1.95 bits per heavy atom. The highest BCUT2D eigenvalue weighted by molar-refractivity contribution is 6.37. The van der Waals surface area contributed by atoms with Gasteiger partial charge >= 0.3 is 0 Å². The molecular formula is C28H25Cl2N5O2. The van der Waals surface area contributed by atoms with E-state index >= 15 is 0 Å². The fraction of sp³-hybridized carbons (Fsp3) is 0.179. The zero-order valence-electron chi connectivity index (χ0n) is 20.4. The van der Waals surface area contributed by atoms with Crippen LogP contribution in [0.25, 0.3) is 22.3 Å². The molecule has 0 unspecified atom stereocenters. The summed E-state index contributed by atoms with van der Waals surface area (Å²) >= 11 is 13.4. The van der Waals surface area contributed by atoms with Crippen molar-refractivity contribution in [2.24, 2.45) is 0 Å². The first-order chi connectivity index (χ1) is 18.0. The Hall–Kier alpha value is -3.81. The van der Waals surface area contributed by atoms with Crippen LogP contribution in [0.15, 0.2) is 73.4 Å². The number of hydrogen-bond acceptors (Lipinski definition) is 4. The molecule has 0 saturated carbocycles. The largest absolute Gasteiger partial charge is 0.487 e. The van der Waals surface area contributed by atoms with Crippen molar-refractivity contribution in [3.05, 3.63) is 100 Å². The predicted octanol–water partition coefficient (Wildman–Crippen LogP) is 6.43. The van der Waals surface area contributed by atoms with E-state index in [1.807, 2.05) is 77.8 Å². The van der Waals surface area contributed by atoms with E-state index in [1.165, 1.54) is 0 Å². The van der Waals surface area contributed by atoms with E-state index in [2.05, 4.69) is 10.3 Å². The molecule has 2 aromatic carbocycles. The Kier molecular flexibility index (Phi) is 7.17. The minimum atomic E-state index is -0.0147. The number of fused-ring (bicyclic) bond motifs is 1. The summed E-state index contributed by atoms with van der Waals surface area (Å²) in [5.74, 6) is 0.614. The van der Waals surface area contributed by atoms with Crippen molar-refractivity contribution in [1.29, 1.82) is 0 Å². The quantitative estimate of drug-likeness (QED) is 0.249. The van der Waals surface area contributed by atoms with Gasteiger partial charge in [-0.25, -0.2) is 9.97 Å². The molecule has 0 radical (unpaired) electrons. The zero-order chi connectivity index (χ0) is 25.9. The number of para-hydroxylation sites is 1. The number of imidazole rings is 1. The van der Waals surface area contributed by atoms with Gasteiger partial charge in [0.25, 0.3) is 0 Å². The van der Waals surface area contributed by atoms with Crippen molar-refractivity contribution in [2.75, 3.05) is 0 Å². The van der Waals surface area contributed by atoms with E-state index in [4.69, 9.17) is 32.9 Å². The first-order valence-corrected chi connectivity index (χ1v) is 12.6. The maximum absolute atomic E-state index is 11.8. The number of hydrogen-bond donors (Lipinski definition) is 1. The number of pyridine rings is 1. The summed E-state index contributed by atoms with van der Waals surface area (Å²) in [7, 11) is 0. The number of aromatic nitrogens is 4. The highest BCUT2D eigenvalue weighted by Gasteiger charge is 2.17. The fourth-order valence-corrected chi connectivity index (χ4v) is 4.79. The Labute approximate surface area is 224 Å². The molecule has 3 aromatic heterocycles. The Bertz CT molecular complexity index is 1580. The van der Waals surface area contributed by atoms with E-state index in [0.29, 0.717) is 34.3 Å². The van der Waals surface area contributed by atoms with Crippen LogP contribution >= 0.6 is 23.2 Å². The van der Waals surface area contributed by atoms with Crippen LogP contribution < -0.4 is 10.1 Å². The number of rotatable bonds is 8. The maximum Gasteiger partial charge on any atom is 0.220 e. The third-order valence-electron chi connectivity index (χ3n) is 6.11. The molecule has 0 aliphatic heterocycles. The maximum atomic E-state index is 11.8. The Balaban J connectivity index is 1.46. The van der Waals surface area contributed by atoms with Gasteiger partial charge in [-0.3, -0.25) is 4.79 Å². The van der Waals surface area contributed by atoms with Gasteiger partial charge in [0.2, 0.25) is 5.91 Å². The number of aryl methyl sites for hydroxylation is 1. The second-order valence-corrected chi connectivity index (χ2v) is 9.34. The van der Waals surface area contributed by atoms with Crippen LogP contribution in [0.3, 0.4) is 0 Å². The molecular weight excluding hydrogens is 509 g/mol. The SMILES string of the molecule is CCC(=O)NCc1cccn1-c1ccc(Cl)c(COc2cccc3c(-n4ccnc4)cc(C)nc23)c1Cl. The Morgan fingerprint density at radius 3 is 2.73 bits per heavy atom. The molecule has 5 aromatic rings.